The fourth-order valence-corrected chi connectivity index (χ4v) is 2.28. The molecule has 0 fully saturated rings. The summed E-state index contributed by atoms with van der Waals surface area (Å²) in [5, 5.41) is 7.83. The standard InChI is InChI=1S/C15H20FN3/c1-4-8-17-15(12-6-5-7-13(16)9-12)14-10-19(3)18-11(14)2/h5-7,9-10,15,17H,4,8H2,1-3H3. The molecule has 1 unspecified atom stereocenters. The first-order valence-electron chi connectivity index (χ1n) is 6.60. The Morgan fingerprint density at radius 2 is 2.21 bits per heavy atom. The van der Waals surface area contributed by atoms with Crippen LogP contribution >= 0.6 is 0 Å². The number of nitrogens with one attached hydrogen (secondary N) is 1. The molecular weight excluding hydrogens is 241 g/mol. The molecule has 1 atom stereocenters. The van der Waals surface area contributed by atoms with E-state index in [-0.39, 0.29) is 11.9 Å². The number of hydrogen-bond donors (Lipinski definition) is 1. The second-order valence-corrected chi connectivity index (χ2v) is 4.79. The van der Waals surface area contributed by atoms with Gasteiger partial charge in [-0.1, -0.05) is 19.1 Å². The van der Waals surface area contributed by atoms with E-state index in [0.29, 0.717) is 0 Å². The Kier molecular flexibility index (Phi) is 4.32. The predicted molar refractivity (Wildman–Crippen MR) is 74.5 cm³/mol. The van der Waals surface area contributed by atoms with Crippen LogP contribution in [0.1, 0.15) is 36.2 Å². The van der Waals surface area contributed by atoms with Gasteiger partial charge in [-0.15, -0.1) is 0 Å². The predicted octanol–water partition coefficient (Wildman–Crippen LogP) is 2.96. The first-order valence-corrected chi connectivity index (χ1v) is 6.60. The summed E-state index contributed by atoms with van der Waals surface area (Å²) in [4.78, 5) is 0. The average molecular weight is 261 g/mol. The van der Waals surface area contributed by atoms with E-state index in [0.717, 1.165) is 29.8 Å². The molecule has 0 radical (unpaired) electrons. The van der Waals surface area contributed by atoms with Crippen LogP contribution < -0.4 is 5.32 Å². The molecule has 0 saturated heterocycles. The first kappa shape index (κ1) is 13.7. The van der Waals surface area contributed by atoms with Gasteiger partial charge in [0.25, 0.3) is 0 Å². The summed E-state index contributed by atoms with van der Waals surface area (Å²) in [5.41, 5.74) is 3.01. The average Bonchev–Trinajstić information content (AvgIpc) is 2.69. The van der Waals surface area contributed by atoms with Crippen molar-refractivity contribution in [2.45, 2.75) is 26.3 Å². The SMILES string of the molecule is CCCNC(c1cccc(F)c1)c1cn(C)nc1C. The molecule has 2 rings (SSSR count). The Bertz CT molecular complexity index is 548. The fourth-order valence-electron chi connectivity index (χ4n) is 2.28. The van der Waals surface area contributed by atoms with E-state index in [1.54, 1.807) is 16.8 Å². The molecule has 0 aliphatic carbocycles. The molecular formula is C15H20FN3. The number of aromatic nitrogens is 2. The van der Waals surface area contributed by atoms with Crippen molar-refractivity contribution in [3.63, 3.8) is 0 Å². The molecule has 0 amide bonds. The molecule has 0 spiro atoms. The molecule has 0 aliphatic heterocycles. The second kappa shape index (κ2) is 5.97. The van der Waals surface area contributed by atoms with Gasteiger partial charge in [-0.05, 0) is 37.6 Å². The maximum absolute atomic E-state index is 13.4. The molecule has 19 heavy (non-hydrogen) atoms. The minimum atomic E-state index is -0.206. The van der Waals surface area contributed by atoms with Gasteiger partial charge in [0.15, 0.2) is 0 Å². The molecule has 1 aromatic heterocycles. The van der Waals surface area contributed by atoms with Crippen LogP contribution in [0, 0.1) is 12.7 Å². The highest BCUT2D eigenvalue weighted by molar-refractivity contribution is 5.33. The molecule has 3 nitrogen and oxygen atoms in total. The van der Waals surface area contributed by atoms with E-state index in [4.69, 9.17) is 0 Å². The van der Waals surface area contributed by atoms with Crippen LogP contribution in [0.25, 0.3) is 0 Å². The summed E-state index contributed by atoms with van der Waals surface area (Å²) in [6, 6.07) is 6.74. The third-order valence-corrected chi connectivity index (χ3v) is 3.14. The Morgan fingerprint density at radius 3 is 2.79 bits per heavy atom. The minimum Gasteiger partial charge on any atom is -0.306 e. The van der Waals surface area contributed by atoms with Gasteiger partial charge in [0.05, 0.1) is 11.7 Å². The Labute approximate surface area is 113 Å². The lowest BCUT2D eigenvalue weighted by molar-refractivity contribution is 0.583. The van der Waals surface area contributed by atoms with E-state index in [1.165, 1.54) is 6.07 Å². The van der Waals surface area contributed by atoms with Crippen molar-refractivity contribution >= 4 is 0 Å². The zero-order valence-corrected chi connectivity index (χ0v) is 11.7. The number of nitrogens with zero attached hydrogens (tertiary/aromatic N) is 2. The van der Waals surface area contributed by atoms with Crippen molar-refractivity contribution in [2.24, 2.45) is 7.05 Å². The maximum Gasteiger partial charge on any atom is 0.123 e. The second-order valence-electron chi connectivity index (χ2n) is 4.79. The van der Waals surface area contributed by atoms with Crippen molar-refractivity contribution in [1.82, 2.24) is 15.1 Å². The zero-order chi connectivity index (χ0) is 13.8. The van der Waals surface area contributed by atoms with Crippen LogP contribution in [-0.4, -0.2) is 16.3 Å². The zero-order valence-electron chi connectivity index (χ0n) is 11.7. The summed E-state index contributed by atoms with van der Waals surface area (Å²) in [6.45, 7) is 4.98. The van der Waals surface area contributed by atoms with E-state index >= 15 is 0 Å². The van der Waals surface area contributed by atoms with Gasteiger partial charge < -0.3 is 5.32 Å². The van der Waals surface area contributed by atoms with Crippen molar-refractivity contribution < 1.29 is 4.39 Å². The van der Waals surface area contributed by atoms with Crippen LogP contribution in [-0.2, 0) is 7.05 Å². The normalized spacial score (nSPS) is 12.6. The number of aryl methyl sites for hydroxylation is 2. The summed E-state index contributed by atoms with van der Waals surface area (Å²) < 4.78 is 15.2. The molecule has 1 N–H and O–H groups in total. The van der Waals surface area contributed by atoms with Gasteiger partial charge in [0, 0.05) is 18.8 Å². The van der Waals surface area contributed by atoms with Gasteiger partial charge in [-0.25, -0.2) is 4.39 Å². The smallest absolute Gasteiger partial charge is 0.123 e. The maximum atomic E-state index is 13.4. The van der Waals surface area contributed by atoms with Crippen LogP contribution in [0.2, 0.25) is 0 Å². The molecule has 2 aromatic rings. The highest BCUT2D eigenvalue weighted by Crippen LogP contribution is 2.24. The van der Waals surface area contributed by atoms with Crippen molar-refractivity contribution in [2.75, 3.05) is 6.54 Å². The highest BCUT2D eigenvalue weighted by Gasteiger charge is 2.18. The van der Waals surface area contributed by atoms with Crippen LogP contribution in [0.4, 0.5) is 4.39 Å². The molecule has 1 heterocycles. The molecule has 0 bridgehead atoms. The number of halogens is 1. The van der Waals surface area contributed by atoms with Crippen LogP contribution in [0.5, 0.6) is 0 Å². The largest absolute Gasteiger partial charge is 0.306 e. The lowest BCUT2D eigenvalue weighted by Gasteiger charge is -2.18. The first-order chi connectivity index (χ1) is 9.11. The number of benzene rings is 1. The Balaban J connectivity index is 2.38. The van der Waals surface area contributed by atoms with Gasteiger partial charge in [0.1, 0.15) is 5.82 Å². The van der Waals surface area contributed by atoms with Crippen molar-refractivity contribution in [3.8, 4) is 0 Å². The van der Waals surface area contributed by atoms with Crippen molar-refractivity contribution in [3.05, 3.63) is 53.1 Å². The summed E-state index contributed by atoms with van der Waals surface area (Å²) in [6.07, 6.45) is 3.03. The molecule has 4 heteroatoms. The topological polar surface area (TPSA) is 29.9 Å². The quantitative estimate of drug-likeness (QED) is 0.896. The van der Waals surface area contributed by atoms with E-state index < -0.39 is 0 Å². The third-order valence-electron chi connectivity index (χ3n) is 3.14. The van der Waals surface area contributed by atoms with Gasteiger partial charge in [-0.3, -0.25) is 4.68 Å². The number of hydrogen-bond acceptors (Lipinski definition) is 2. The third kappa shape index (κ3) is 3.20. The summed E-state index contributed by atoms with van der Waals surface area (Å²) in [7, 11) is 1.90. The lowest BCUT2D eigenvalue weighted by Crippen LogP contribution is -2.23. The molecule has 1 aromatic carbocycles. The molecule has 102 valence electrons. The molecule has 0 saturated carbocycles. The Hall–Kier alpha value is -1.68. The fraction of sp³-hybridized carbons (Fsp3) is 0.400. The van der Waals surface area contributed by atoms with E-state index in [1.807, 2.05) is 26.2 Å². The van der Waals surface area contributed by atoms with Crippen LogP contribution in [0.15, 0.2) is 30.5 Å². The summed E-state index contributed by atoms with van der Waals surface area (Å²) >= 11 is 0. The van der Waals surface area contributed by atoms with Crippen molar-refractivity contribution in [1.29, 1.82) is 0 Å². The highest BCUT2D eigenvalue weighted by atomic mass is 19.1. The monoisotopic (exact) mass is 261 g/mol. The van der Waals surface area contributed by atoms with Gasteiger partial charge in [0.2, 0.25) is 0 Å². The van der Waals surface area contributed by atoms with Crippen LogP contribution in [0.3, 0.4) is 0 Å². The number of rotatable bonds is 5. The van der Waals surface area contributed by atoms with Gasteiger partial charge >= 0.3 is 0 Å². The molecule has 0 aliphatic rings. The minimum absolute atomic E-state index is 0.00986. The van der Waals surface area contributed by atoms with Gasteiger partial charge in [-0.2, -0.15) is 5.10 Å². The lowest BCUT2D eigenvalue weighted by atomic mass is 9.99. The summed E-state index contributed by atoms with van der Waals surface area (Å²) in [5.74, 6) is -0.206. The van der Waals surface area contributed by atoms with E-state index in [9.17, 15) is 4.39 Å². The van der Waals surface area contributed by atoms with E-state index in [2.05, 4.69) is 17.3 Å². The Morgan fingerprint density at radius 1 is 1.42 bits per heavy atom.